The minimum absolute atomic E-state index is 0.350. The number of hydrogen-bond donors (Lipinski definition) is 1. The maximum absolute atomic E-state index is 12.0. The summed E-state index contributed by atoms with van der Waals surface area (Å²) in [6.45, 7) is 5.58. The third-order valence-corrected chi connectivity index (χ3v) is 4.57. The average molecular weight is 302 g/mol. The van der Waals surface area contributed by atoms with E-state index in [1.807, 2.05) is 12.1 Å². The SMILES string of the molecule is CCNc1ccc(OCC2CCN(C(=O)C3CC3)CC2)cc1. The molecule has 4 heteroatoms. The third-order valence-electron chi connectivity index (χ3n) is 4.57. The van der Waals surface area contributed by atoms with Crippen molar-refractivity contribution < 1.29 is 9.53 Å². The quantitative estimate of drug-likeness (QED) is 0.877. The van der Waals surface area contributed by atoms with Gasteiger partial charge in [-0.05, 0) is 62.8 Å². The van der Waals surface area contributed by atoms with Crippen LogP contribution in [0.2, 0.25) is 0 Å². The van der Waals surface area contributed by atoms with Crippen molar-refractivity contribution in [1.82, 2.24) is 4.90 Å². The van der Waals surface area contributed by atoms with Crippen LogP contribution in [0, 0.1) is 11.8 Å². The Morgan fingerprint density at radius 3 is 2.45 bits per heavy atom. The summed E-state index contributed by atoms with van der Waals surface area (Å²) in [5.41, 5.74) is 1.13. The summed E-state index contributed by atoms with van der Waals surface area (Å²) in [5, 5.41) is 3.28. The Morgan fingerprint density at radius 2 is 1.86 bits per heavy atom. The number of ether oxygens (including phenoxy) is 1. The third kappa shape index (κ3) is 3.93. The molecular weight excluding hydrogens is 276 g/mol. The van der Waals surface area contributed by atoms with Gasteiger partial charge in [0.15, 0.2) is 0 Å². The van der Waals surface area contributed by atoms with Crippen LogP contribution >= 0.6 is 0 Å². The van der Waals surface area contributed by atoms with Crippen LogP contribution in [0.5, 0.6) is 5.75 Å². The normalized spacial score (nSPS) is 19.0. The van der Waals surface area contributed by atoms with Crippen LogP contribution in [0.4, 0.5) is 5.69 Å². The van der Waals surface area contributed by atoms with Crippen molar-refractivity contribution in [3.05, 3.63) is 24.3 Å². The van der Waals surface area contributed by atoms with Gasteiger partial charge in [-0.25, -0.2) is 0 Å². The van der Waals surface area contributed by atoms with Crippen molar-refractivity contribution in [2.24, 2.45) is 11.8 Å². The van der Waals surface area contributed by atoms with Gasteiger partial charge in [-0.1, -0.05) is 0 Å². The molecule has 1 aliphatic heterocycles. The van der Waals surface area contributed by atoms with E-state index in [0.717, 1.165) is 63.4 Å². The number of hydrogen-bond acceptors (Lipinski definition) is 3. The maximum atomic E-state index is 12.0. The predicted molar refractivity (Wildman–Crippen MR) is 88.1 cm³/mol. The van der Waals surface area contributed by atoms with Gasteiger partial charge in [-0.2, -0.15) is 0 Å². The van der Waals surface area contributed by atoms with E-state index in [2.05, 4.69) is 29.3 Å². The lowest BCUT2D eigenvalue weighted by atomic mass is 9.97. The molecule has 1 N–H and O–H groups in total. The Bertz CT molecular complexity index is 488. The lowest BCUT2D eigenvalue weighted by molar-refractivity contribution is -0.134. The highest BCUT2D eigenvalue weighted by molar-refractivity contribution is 5.81. The topological polar surface area (TPSA) is 41.6 Å². The molecule has 0 radical (unpaired) electrons. The molecule has 0 spiro atoms. The Balaban J connectivity index is 1.40. The highest BCUT2D eigenvalue weighted by Gasteiger charge is 2.34. The summed E-state index contributed by atoms with van der Waals surface area (Å²) in [6, 6.07) is 8.14. The zero-order chi connectivity index (χ0) is 15.4. The molecular formula is C18H26N2O2. The van der Waals surface area contributed by atoms with Gasteiger partial charge in [-0.15, -0.1) is 0 Å². The van der Waals surface area contributed by atoms with Gasteiger partial charge in [0.1, 0.15) is 5.75 Å². The Hall–Kier alpha value is -1.71. The van der Waals surface area contributed by atoms with E-state index in [0.29, 0.717) is 17.7 Å². The molecule has 1 saturated heterocycles. The molecule has 1 saturated carbocycles. The number of carbonyl (C=O) groups excluding carboxylic acids is 1. The number of rotatable bonds is 6. The van der Waals surface area contributed by atoms with Crippen molar-refractivity contribution in [3.8, 4) is 5.75 Å². The lowest BCUT2D eigenvalue weighted by Gasteiger charge is -2.32. The number of benzene rings is 1. The second kappa shape index (κ2) is 7.03. The largest absolute Gasteiger partial charge is 0.493 e. The molecule has 1 amide bonds. The van der Waals surface area contributed by atoms with Crippen LogP contribution in [-0.2, 0) is 4.79 Å². The predicted octanol–water partition coefficient (Wildman–Crippen LogP) is 3.15. The van der Waals surface area contributed by atoms with E-state index < -0.39 is 0 Å². The molecule has 0 unspecified atom stereocenters. The van der Waals surface area contributed by atoms with E-state index in [1.165, 1.54) is 0 Å². The van der Waals surface area contributed by atoms with Crippen LogP contribution in [0.1, 0.15) is 32.6 Å². The molecule has 3 rings (SSSR count). The van der Waals surface area contributed by atoms with Crippen molar-refractivity contribution in [2.75, 3.05) is 31.6 Å². The van der Waals surface area contributed by atoms with Crippen molar-refractivity contribution in [2.45, 2.75) is 32.6 Å². The number of anilines is 1. The number of nitrogens with one attached hydrogen (secondary N) is 1. The van der Waals surface area contributed by atoms with E-state index in [9.17, 15) is 4.79 Å². The standard InChI is InChI=1S/C18H26N2O2/c1-2-19-16-5-7-17(8-6-16)22-13-14-9-11-20(12-10-14)18(21)15-3-4-15/h5-8,14-15,19H,2-4,9-13H2,1H3. The van der Waals surface area contributed by atoms with Crippen molar-refractivity contribution in [1.29, 1.82) is 0 Å². The van der Waals surface area contributed by atoms with E-state index in [1.54, 1.807) is 0 Å². The van der Waals surface area contributed by atoms with Gasteiger partial charge in [0.25, 0.3) is 0 Å². The van der Waals surface area contributed by atoms with Crippen molar-refractivity contribution in [3.63, 3.8) is 0 Å². The first kappa shape index (κ1) is 15.2. The number of carbonyl (C=O) groups is 1. The monoisotopic (exact) mass is 302 g/mol. The fourth-order valence-corrected chi connectivity index (χ4v) is 3.00. The maximum Gasteiger partial charge on any atom is 0.225 e. The summed E-state index contributed by atoms with van der Waals surface area (Å²) in [5.74, 6) is 2.23. The zero-order valence-corrected chi connectivity index (χ0v) is 13.4. The molecule has 1 aliphatic carbocycles. The van der Waals surface area contributed by atoms with E-state index in [4.69, 9.17) is 4.74 Å². The molecule has 0 bridgehead atoms. The van der Waals surface area contributed by atoms with Crippen LogP contribution < -0.4 is 10.1 Å². The summed E-state index contributed by atoms with van der Waals surface area (Å²) in [6.07, 6.45) is 4.33. The molecule has 2 aliphatic rings. The first-order chi connectivity index (χ1) is 10.8. The van der Waals surface area contributed by atoms with E-state index in [-0.39, 0.29) is 0 Å². The highest BCUT2D eigenvalue weighted by atomic mass is 16.5. The minimum atomic E-state index is 0.350. The summed E-state index contributed by atoms with van der Waals surface area (Å²) in [4.78, 5) is 14.1. The van der Waals surface area contributed by atoms with Gasteiger partial charge in [0.2, 0.25) is 5.91 Å². The van der Waals surface area contributed by atoms with Gasteiger partial charge in [-0.3, -0.25) is 4.79 Å². The summed E-state index contributed by atoms with van der Waals surface area (Å²) >= 11 is 0. The molecule has 0 aromatic heterocycles. The zero-order valence-electron chi connectivity index (χ0n) is 13.4. The smallest absolute Gasteiger partial charge is 0.225 e. The molecule has 1 aromatic rings. The highest BCUT2D eigenvalue weighted by Crippen LogP contribution is 2.32. The van der Waals surface area contributed by atoms with Crippen LogP contribution in [-0.4, -0.2) is 37.0 Å². The van der Waals surface area contributed by atoms with Crippen LogP contribution in [0.15, 0.2) is 24.3 Å². The molecule has 0 atom stereocenters. The summed E-state index contributed by atoms with van der Waals surface area (Å²) in [7, 11) is 0. The Kier molecular flexibility index (Phi) is 4.86. The van der Waals surface area contributed by atoms with Gasteiger partial charge >= 0.3 is 0 Å². The molecule has 1 heterocycles. The first-order valence-electron chi connectivity index (χ1n) is 8.51. The molecule has 1 aromatic carbocycles. The molecule has 120 valence electrons. The minimum Gasteiger partial charge on any atom is -0.493 e. The number of piperidine rings is 1. The number of likely N-dealkylation sites (tertiary alicyclic amines) is 1. The van der Waals surface area contributed by atoms with Gasteiger partial charge in [0.05, 0.1) is 6.61 Å². The van der Waals surface area contributed by atoms with Crippen LogP contribution in [0.25, 0.3) is 0 Å². The number of nitrogens with zero attached hydrogens (tertiary/aromatic N) is 1. The average Bonchev–Trinajstić information content (AvgIpc) is 3.39. The van der Waals surface area contributed by atoms with E-state index >= 15 is 0 Å². The van der Waals surface area contributed by atoms with Crippen LogP contribution in [0.3, 0.4) is 0 Å². The summed E-state index contributed by atoms with van der Waals surface area (Å²) < 4.78 is 5.90. The van der Waals surface area contributed by atoms with Gasteiger partial charge < -0.3 is 15.0 Å². The lowest BCUT2D eigenvalue weighted by Crippen LogP contribution is -2.40. The second-order valence-electron chi connectivity index (χ2n) is 6.41. The first-order valence-corrected chi connectivity index (χ1v) is 8.51. The molecule has 22 heavy (non-hydrogen) atoms. The Morgan fingerprint density at radius 1 is 1.18 bits per heavy atom. The number of amides is 1. The Labute approximate surface area is 132 Å². The fraction of sp³-hybridized carbons (Fsp3) is 0.611. The molecule has 2 fully saturated rings. The molecule has 4 nitrogen and oxygen atoms in total. The second-order valence-corrected chi connectivity index (χ2v) is 6.41. The van der Waals surface area contributed by atoms with Crippen molar-refractivity contribution >= 4 is 11.6 Å². The fourth-order valence-electron chi connectivity index (χ4n) is 3.00. The van der Waals surface area contributed by atoms with Gasteiger partial charge in [0, 0.05) is 31.2 Å².